The normalized spacial score (nSPS) is 11.1. The van der Waals surface area contributed by atoms with Gasteiger partial charge in [0.1, 0.15) is 5.82 Å². The lowest BCUT2D eigenvalue weighted by molar-refractivity contribution is -0.154. The van der Waals surface area contributed by atoms with Gasteiger partial charge in [0.15, 0.2) is 6.61 Å². The number of halogens is 4. The van der Waals surface area contributed by atoms with Crippen LogP contribution in [0.15, 0.2) is 36.5 Å². The van der Waals surface area contributed by atoms with Crippen LogP contribution in [-0.2, 0) is 13.1 Å². The summed E-state index contributed by atoms with van der Waals surface area (Å²) in [5, 5.41) is 5.14. The van der Waals surface area contributed by atoms with Crippen molar-refractivity contribution >= 4 is 6.03 Å². The van der Waals surface area contributed by atoms with E-state index in [0.717, 1.165) is 5.56 Å². The Morgan fingerprint density at radius 3 is 2.62 bits per heavy atom. The average Bonchev–Trinajstić information content (AvgIpc) is 2.59. The van der Waals surface area contributed by atoms with Gasteiger partial charge in [0.05, 0.1) is 0 Å². The van der Waals surface area contributed by atoms with Crippen LogP contribution in [0.25, 0.3) is 0 Å². The molecule has 0 aliphatic rings. The zero-order chi connectivity index (χ0) is 19.2. The molecule has 0 aliphatic carbocycles. The molecule has 5 nitrogen and oxygen atoms in total. The molecule has 2 N–H and O–H groups in total. The van der Waals surface area contributed by atoms with Crippen molar-refractivity contribution < 1.29 is 27.1 Å². The molecule has 0 aliphatic heterocycles. The molecule has 0 spiro atoms. The Labute approximate surface area is 147 Å². The van der Waals surface area contributed by atoms with Crippen LogP contribution >= 0.6 is 0 Å². The molecule has 1 aromatic carbocycles. The summed E-state index contributed by atoms with van der Waals surface area (Å²) < 4.78 is 54.1. The summed E-state index contributed by atoms with van der Waals surface area (Å²) in [7, 11) is 0. The molecule has 2 rings (SSSR count). The number of hydrogen-bond donors (Lipinski definition) is 2. The van der Waals surface area contributed by atoms with Gasteiger partial charge >= 0.3 is 12.2 Å². The van der Waals surface area contributed by atoms with Crippen molar-refractivity contribution in [3.8, 4) is 5.88 Å². The summed E-state index contributed by atoms with van der Waals surface area (Å²) in [5.74, 6) is -0.576. The molecule has 9 heteroatoms. The van der Waals surface area contributed by atoms with Crippen molar-refractivity contribution in [2.45, 2.75) is 26.2 Å². The van der Waals surface area contributed by atoms with E-state index < -0.39 is 24.6 Å². The number of rotatable bonds is 6. The highest BCUT2D eigenvalue weighted by molar-refractivity contribution is 5.73. The summed E-state index contributed by atoms with van der Waals surface area (Å²) >= 11 is 0. The Bertz CT molecular complexity index is 766. The number of hydrogen-bond acceptors (Lipinski definition) is 3. The molecule has 2 aromatic rings. The number of benzene rings is 1. The zero-order valence-electron chi connectivity index (χ0n) is 13.9. The summed E-state index contributed by atoms with van der Waals surface area (Å²) in [4.78, 5) is 15.5. The fourth-order valence-electron chi connectivity index (χ4n) is 2.05. The van der Waals surface area contributed by atoms with E-state index in [1.54, 1.807) is 13.0 Å². The second kappa shape index (κ2) is 8.50. The minimum absolute atomic E-state index is 0.0683. The van der Waals surface area contributed by atoms with Gasteiger partial charge in [0.25, 0.3) is 0 Å². The van der Waals surface area contributed by atoms with Crippen molar-refractivity contribution in [1.29, 1.82) is 0 Å². The van der Waals surface area contributed by atoms with Gasteiger partial charge in [0, 0.05) is 25.4 Å². The Morgan fingerprint density at radius 2 is 1.88 bits per heavy atom. The molecule has 2 amide bonds. The highest BCUT2D eigenvalue weighted by Crippen LogP contribution is 2.17. The second-order valence-corrected chi connectivity index (χ2v) is 5.51. The van der Waals surface area contributed by atoms with E-state index in [1.165, 1.54) is 30.5 Å². The molecule has 0 bridgehead atoms. The molecule has 1 heterocycles. The minimum Gasteiger partial charge on any atom is -0.468 e. The number of urea groups is 1. The van der Waals surface area contributed by atoms with E-state index in [2.05, 4.69) is 20.4 Å². The van der Waals surface area contributed by atoms with E-state index in [1.807, 2.05) is 0 Å². The molecular weight excluding hydrogens is 354 g/mol. The van der Waals surface area contributed by atoms with Crippen LogP contribution in [0.3, 0.4) is 0 Å². The number of aromatic nitrogens is 1. The zero-order valence-corrected chi connectivity index (χ0v) is 13.9. The van der Waals surface area contributed by atoms with E-state index in [-0.39, 0.29) is 19.0 Å². The Hall–Kier alpha value is -2.84. The van der Waals surface area contributed by atoms with E-state index in [9.17, 15) is 22.4 Å². The number of nitrogens with one attached hydrogen (secondary N) is 2. The lowest BCUT2D eigenvalue weighted by atomic mass is 10.1. The molecule has 0 fully saturated rings. The number of amides is 2. The molecular formula is C17H17F4N3O2. The summed E-state index contributed by atoms with van der Waals surface area (Å²) in [5.41, 5.74) is 2.01. The average molecular weight is 371 g/mol. The SMILES string of the molecule is Cc1ccc(F)cc1CNC(=O)NCc1ccnc(OCC(F)(F)F)c1. The van der Waals surface area contributed by atoms with Crippen molar-refractivity contribution in [2.75, 3.05) is 6.61 Å². The minimum atomic E-state index is -4.45. The van der Waals surface area contributed by atoms with Crippen molar-refractivity contribution in [3.05, 3.63) is 59.0 Å². The number of carbonyl (C=O) groups excluding carboxylic acids is 1. The molecule has 0 unspecified atom stereocenters. The number of nitrogens with zero attached hydrogens (tertiary/aromatic N) is 1. The number of aryl methyl sites for hydroxylation is 1. The van der Waals surface area contributed by atoms with Crippen LogP contribution in [0.2, 0.25) is 0 Å². The molecule has 0 atom stereocenters. The van der Waals surface area contributed by atoms with Gasteiger partial charge in [-0.1, -0.05) is 6.07 Å². The molecule has 1 aromatic heterocycles. The van der Waals surface area contributed by atoms with Crippen molar-refractivity contribution in [2.24, 2.45) is 0 Å². The maximum Gasteiger partial charge on any atom is 0.422 e. The smallest absolute Gasteiger partial charge is 0.422 e. The number of ether oxygens (including phenoxy) is 1. The molecule has 0 saturated heterocycles. The van der Waals surface area contributed by atoms with Gasteiger partial charge < -0.3 is 15.4 Å². The highest BCUT2D eigenvalue weighted by atomic mass is 19.4. The topological polar surface area (TPSA) is 63.2 Å². The van der Waals surface area contributed by atoms with Gasteiger partial charge in [0.2, 0.25) is 5.88 Å². The highest BCUT2D eigenvalue weighted by Gasteiger charge is 2.28. The summed E-state index contributed by atoms with van der Waals surface area (Å²) in [6.45, 7) is 0.572. The molecule has 0 saturated carbocycles. The first kappa shape index (κ1) is 19.5. The first-order valence-corrected chi connectivity index (χ1v) is 7.64. The maximum absolute atomic E-state index is 13.2. The summed E-state index contributed by atoms with van der Waals surface area (Å²) in [6, 6.07) is 6.64. The van der Waals surface area contributed by atoms with Crippen molar-refractivity contribution in [1.82, 2.24) is 15.6 Å². The Balaban J connectivity index is 1.82. The first-order chi connectivity index (χ1) is 12.2. The lowest BCUT2D eigenvalue weighted by Crippen LogP contribution is -2.34. The predicted octanol–water partition coefficient (Wildman–Crippen LogP) is 3.47. The lowest BCUT2D eigenvalue weighted by Gasteiger charge is -2.11. The van der Waals surface area contributed by atoms with E-state index in [0.29, 0.717) is 11.1 Å². The number of alkyl halides is 3. The predicted molar refractivity (Wildman–Crippen MR) is 86.0 cm³/mol. The third-order valence-corrected chi connectivity index (χ3v) is 3.39. The molecule has 0 radical (unpaired) electrons. The van der Waals surface area contributed by atoms with Crippen LogP contribution in [-0.4, -0.2) is 23.8 Å². The van der Waals surface area contributed by atoms with E-state index >= 15 is 0 Å². The Kier molecular flexibility index (Phi) is 6.37. The van der Waals surface area contributed by atoms with Gasteiger partial charge in [-0.05, 0) is 41.8 Å². The summed E-state index contributed by atoms with van der Waals surface area (Å²) in [6.07, 6.45) is -3.17. The van der Waals surface area contributed by atoms with Gasteiger partial charge in [-0.25, -0.2) is 14.2 Å². The third kappa shape index (κ3) is 6.58. The van der Waals surface area contributed by atoms with Crippen LogP contribution in [0.4, 0.5) is 22.4 Å². The molecule has 140 valence electrons. The van der Waals surface area contributed by atoms with Crippen LogP contribution < -0.4 is 15.4 Å². The van der Waals surface area contributed by atoms with Crippen LogP contribution in [0, 0.1) is 12.7 Å². The quantitative estimate of drug-likeness (QED) is 0.765. The number of pyridine rings is 1. The fraction of sp³-hybridized carbons (Fsp3) is 0.294. The van der Waals surface area contributed by atoms with Gasteiger partial charge in [-0.2, -0.15) is 13.2 Å². The van der Waals surface area contributed by atoms with Crippen molar-refractivity contribution in [3.63, 3.8) is 0 Å². The Morgan fingerprint density at radius 1 is 1.15 bits per heavy atom. The number of carbonyl (C=O) groups is 1. The van der Waals surface area contributed by atoms with Crippen LogP contribution in [0.5, 0.6) is 5.88 Å². The standard InChI is InChI=1S/C17H17F4N3O2/c1-11-2-3-14(18)7-13(11)9-24-16(25)23-8-12-4-5-22-15(6-12)26-10-17(19,20)21/h2-7H,8-10H2,1H3,(H2,23,24,25). The largest absolute Gasteiger partial charge is 0.468 e. The second-order valence-electron chi connectivity index (χ2n) is 5.51. The van der Waals surface area contributed by atoms with Crippen LogP contribution in [0.1, 0.15) is 16.7 Å². The third-order valence-electron chi connectivity index (χ3n) is 3.39. The fourth-order valence-corrected chi connectivity index (χ4v) is 2.05. The monoisotopic (exact) mass is 371 g/mol. The van der Waals surface area contributed by atoms with Gasteiger partial charge in [-0.3, -0.25) is 0 Å². The van der Waals surface area contributed by atoms with Gasteiger partial charge in [-0.15, -0.1) is 0 Å². The molecule has 26 heavy (non-hydrogen) atoms. The maximum atomic E-state index is 13.2. The first-order valence-electron chi connectivity index (χ1n) is 7.64. The van der Waals surface area contributed by atoms with E-state index in [4.69, 9.17) is 0 Å².